The van der Waals surface area contributed by atoms with Crippen LogP contribution < -0.4 is 0 Å². The summed E-state index contributed by atoms with van der Waals surface area (Å²) in [4.78, 5) is 16.8. The Kier molecular flexibility index (Phi) is 3.76. The molecule has 3 nitrogen and oxygen atoms in total. The monoisotopic (exact) mass is 326 g/mol. The molecule has 0 radical (unpaired) electrons. The second kappa shape index (κ2) is 5.59. The minimum atomic E-state index is 0.113. The van der Waals surface area contributed by atoms with Gasteiger partial charge in [0.05, 0.1) is 0 Å². The van der Waals surface area contributed by atoms with E-state index in [4.69, 9.17) is 0 Å². The Morgan fingerprint density at radius 2 is 2.08 bits per heavy atom. The Morgan fingerprint density at radius 3 is 2.75 bits per heavy atom. The van der Waals surface area contributed by atoms with Crippen molar-refractivity contribution in [1.29, 1.82) is 0 Å². The van der Waals surface area contributed by atoms with Crippen LogP contribution in [-0.2, 0) is 11.8 Å². The van der Waals surface area contributed by atoms with Gasteiger partial charge in [-0.25, -0.2) is 0 Å². The first-order valence-corrected chi connectivity index (χ1v) is 9.49. The van der Waals surface area contributed by atoms with Crippen molar-refractivity contribution in [3.8, 4) is 0 Å². The lowest BCUT2D eigenvalue weighted by Gasteiger charge is -2.55. The molecule has 0 aromatic heterocycles. The molecule has 4 rings (SSSR count). The summed E-state index contributed by atoms with van der Waals surface area (Å²) in [5.41, 5.74) is 3.95. The van der Waals surface area contributed by atoms with Gasteiger partial charge in [0.15, 0.2) is 0 Å². The Labute approximate surface area is 146 Å². The van der Waals surface area contributed by atoms with E-state index in [1.165, 1.54) is 43.5 Å². The van der Waals surface area contributed by atoms with E-state index in [1.807, 2.05) is 20.2 Å². The van der Waals surface area contributed by atoms with Crippen molar-refractivity contribution in [2.45, 2.75) is 51.0 Å². The Bertz CT molecular complexity index is 664. The largest absolute Gasteiger partial charge is 0.345 e. The number of rotatable bonds is 3. The van der Waals surface area contributed by atoms with Crippen molar-refractivity contribution in [3.05, 3.63) is 34.9 Å². The zero-order chi connectivity index (χ0) is 17.1. The van der Waals surface area contributed by atoms with Crippen molar-refractivity contribution in [3.63, 3.8) is 0 Å². The zero-order valence-electron chi connectivity index (χ0n) is 15.5. The van der Waals surface area contributed by atoms with Crippen molar-refractivity contribution >= 4 is 5.91 Å². The third kappa shape index (κ3) is 2.48. The highest BCUT2D eigenvalue weighted by atomic mass is 16.2. The number of carbonyl (C=O) groups is 1. The van der Waals surface area contributed by atoms with Gasteiger partial charge < -0.3 is 4.90 Å². The van der Waals surface area contributed by atoms with Gasteiger partial charge in [0, 0.05) is 32.2 Å². The molecule has 1 aromatic carbocycles. The number of nitrogens with zero attached hydrogens (tertiary/aromatic N) is 2. The maximum absolute atomic E-state index is 12.4. The van der Waals surface area contributed by atoms with Gasteiger partial charge in [-0.15, -0.1) is 0 Å². The summed E-state index contributed by atoms with van der Waals surface area (Å²) in [5, 5.41) is 0. The van der Waals surface area contributed by atoms with Crippen molar-refractivity contribution in [1.82, 2.24) is 9.80 Å². The molecule has 130 valence electrons. The van der Waals surface area contributed by atoms with Crippen molar-refractivity contribution in [2.75, 3.05) is 27.2 Å². The third-order valence-electron chi connectivity index (χ3n) is 6.97. The van der Waals surface area contributed by atoms with E-state index in [2.05, 4.69) is 30.9 Å². The van der Waals surface area contributed by atoms with E-state index in [0.717, 1.165) is 17.9 Å². The number of amides is 1. The number of hydrogen-bond donors (Lipinski definition) is 0. The molecular formula is C21H30N2O. The van der Waals surface area contributed by atoms with Crippen LogP contribution in [-0.4, -0.2) is 48.9 Å². The van der Waals surface area contributed by atoms with Crippen LogP contribution in [0.5, 0.6) is 0 Å². The molecule has 0 N–H and O–H groups in total. The van der Waals surface area contributed by atoms with E-state index in [9.17, 15) is 4.79 Å². The van der Waals surface area contributed by atoms with Gasteiger partial charge >= 0.3 is 0 Å². The predicted octanol–water partition coefficient (Wildman–Crippen LogP) is 3.32. The fourth-order valence-corrected chi connectivity index (χ4v) is 4.96. The van der Waals surface area contributed by atoms with Gasteiger partial charge in [-0.3, -0.25) is 9.69 Å². The molecule has 1 saturated heterocycles. The smallest absolute Gasteiger partial charge is 0.253 e. The molecule has 3 atom stereocenters. The van der Waals surface area contributed by atoms with Crippen LogP contribution in [0.3, 0.4) is 0 Å². The van der Waals surface area contributed by atoms with E-state index in [1.54, 1.807) is 4.90 Å². The minimum absolute atomic E-state index is 0.113. The van der Waals surface area contributed by atoms with Crippen LogP contribution in [0, 0.1) is 11.8 Å². The van der Waals surface area contributed by atoms with Crippen molar-refractivity contribution < 1.29 is 4.79 Å². The molecule has 2 aliphatic carbocycles. The lowest BCUT2D eigenvalue weighted by Crippen LogP contribution is -2.58. The summed E-state index contributed by atoms with van der Waals surface area (Å²) in [7, 11) is 3.66. The second-order valence-corrected chi connectivity index (χ2v) is 8.74. The van der Waals surface area contributed by atoms with Gasteiger partial charge in [0.25, 0.3) is 5.91 Å². The number of hydrogen-bond acceptors (Lipinski definition) is 2. The minimum Gasteiger partial charge on any atom is -0.345 e. The molecule has 1 aromatic rings. The van der Waals surface area contributed by atoms with Gasteiger partial charge in [0.2, 0.25) is 0 Å². The first kappa shape index (κ1) is 16.1. The predicted molar refractivity (Wildman–Crippen MR) is 97.4 cm³/mol. The summed E-state index contributed by atoms with van der Waals surface area (Å²) in [6.45, 7) is 7.39. The lowest BCUT2D eigenvalue weighted by atomic mass is 9.59. The molecule has 1 aliphatic heterocycles. The SMILES string of the molecule is C[C@H]1C2Cc3ccc(C(=O)N(C)C)cc3[C@@]1(C)CCN2CC1CC1. The molecule has 1 saturated carbocycles. The van der Waals surface area contributed by atoms with Crippen LogP contribution >= 0.6 is 0 Å². The summed E-state index contributed by atoms with van der Waals surface area (Å²) >= 11 is 0. The van der Waals surface area contributed by atoms with E-state index in [0.29, 0.717) is 12.0 Å². The molecular weight excluding hydrogens is 296 g/mol. The topological polar surface area (TPSA) is 23.6 Å². The molecule has 1 unspecified atom stereocenters. The first-order valence-electron chi connectivity index (χ1n) is 9.49. The fraction of sp³-hybridized carbons (Fsp3) is 0.667. The fourth-order valence-electron chi connectivity index (χ4n) is 4.96. The maximum atomic E-state index is 12.4. The van der Waals surface area contributed by atoms with E-state index >= 15 is 0 Å². The highest BCUT2D eigenvalue weighted by Crippen LogP contribution is 2.49. The molecule has 1 heterocycles. The quantitative estimate of drug-likeness (QED) is 0.851. The van der Waals surface area contributed by atoms with Crippen LogP contribution in [0.15, 0.2) is 18.2 Å². The van der Waals surface area contributed by atoms with Crippen LogP contribution in [0.25, 0.3) is 0 Å². The van der Waals surface area contributed by atoms with Gasteiger partial charge in [-0.1, -0.05) is 19.9 Å². The number of piperidine rings is 1. The number of benzene rings is 1. The van der Waals surface area contributed by atoms with E-state index < -0.39 is 0 Å². The van der Waals surface area contributed by atoms with Crippen LogP contribution in [0.1, 0.15) is 54.6 Å². The first-order chi connectivity index (χ1) is 11.4. The van der Waals surface area contributed by atoms with Gasteiger partial charge in [-0.05, 0) is 72.7 Å². The average molecular weight is 326 g/mol. The van der Waals surface area contributed by atoms with Crippen LogP contribution in [0.2, 0.25) is 0 Å². The summed E-state index contributed by atoms with van der Waals surface area (Å²) in [5.74, 6) is 1.73. The van der Waals surface area contributed by atoms with Crippen molar-refractivity contribution in [2.24, 2.45) is 11.8 Å². The van der Waals surface area contributed by atoms with E-state index in [-0.39, 0.29) is 11.3 Å². The summed E-state index contributed by atoms with van der Waals surface area (Å²) < 4.78 is 0. The highest BCUT2D eigenvalue weighted by molar-refractivity contribution is 5.94. The number of fused-ring (bicyclic) bond motifs is 4. The summed E-state index contributed by atoms with van der Waals surface area (Å²) in [6.07, 6.45) is 5.22. The zero-order valence-corrected chi connectivity index (χ0v) is 15.5. The molecule has 0 spiro atoms. The Hall–Kier alpha value is -1.35. The molecule has 3 aliphatic rings. The number of likely N-dealkylation sites (tertiary alicyclic amines) is 1. The Balaban J connectivity index is 1.69. The third-order valence-corrected chi connectivity index (χ3v) is 6.97. The summed E-state index contributed by atoms with van der Waals surface area (Å²) in [6, 6.07) is 7.12. The second-order valence-electron chi connectivity index (χ2n) is 8.74. The Morgan fingerprint density at radius 1 is 1.33 bits per heavy atom. The molecule has 24 heavy (non-hydrogen) atoms. The molecule has 1 amide bonds. The molecule has 2 bridgehead atoms. The normalized spacial score (nSPS) is 32.3. The number of carbonyl (C=O) groups excluding carboxylic acids is 1. The molecule has 2 fully saturated rings. The van der Waals surface area contributed by atoms with Gasteiger partial charge in [-0.2, -0.15) is 0 Å². The van der Waals surface area contributed by atoms with Crippen LogP contribution in [0.4, 0.5) is 0 Å². The standard InChI is InChI=1S/C21H30N2O/c1-14-19-12-16-7-8-17(20(24)22(3)4)11-18(16)21(14,2)9-10-23(19)13-15-5-6-15/h7-8,11,14-15,19H,5-6,9-10,12-13H2,1-4H3/t14-,19?,21-/m0/s1. The maximum Gasteiger partial charge on any atom is 0.253 e. The lowest BCUT2D eigenvalue weighted by molar-refractivity contribution is 0.0283. The average Bonchev–Trinajstić information content (AvgIpc) is 3.36. The highest BCUT2D eigenvalue weighted by Gasteiger charge is 2.49. The van der Waals surface area contributed by atoms with Gasteiger partial charge in [0.1, 0.15) is 0 Å². The molecule has 3 heteroatoms.